The Bertz CT molecular complexity index is 1260. The molecule has 0 bridgehead atoms. The van der Waals surface area contributed by atoms with Crippen molar-refractivity contribution >= 4 is 34.2 Å². The van der Waals surface area contributed by atoms with Crippen LogP contribution in [-0.4, -0.2) is 64.5 Å². The molecule has 0 radical (unpaired) electrons. The number of H-pyrrole nitrogens is 1. The van der Waals surface area contributed by atoms with Crippen LogP contribution in [-0.2, 0) is 9.53 Å². The molecule has 0 aromatic carbocycles. The van der Waals surface area contributed by atoms with Gasteiger partial charge in [-0.2, -0.15) is 0 Å². The number of carbonyl (C=O) groups excluding carboxylic acids is 2. The number of anilines is 2. The fourth-order valence-electron chi connectivity index (χ4n) is 4.92. The van der Waals surface area contributed by atoms with Crippen molar-refractivity contribution in [3.63, 3.8) is 0 Å². The van der Waals surface area contributed by atoms with Gasteiger partial charge in [-0.15, -0.1) is 0 Å². The van der Waals surface area contributed by atoms with E-state index in [9.17, 15) is 9.59 Å². The molecule has 1 saturated heterocycles. The van der Waals surface area contributed by atoms with E-state index in [1.54, 1.807) is 25.6 Å². The Morgan fingerprint density at radius 1 is 1.20 bits per heavy atom. The molecule has 5 rings (SSSR count). The SMILES string of the molecule is COC[C@H]1C[C@@H]1c1cc2cc(C(=O)Nc3cc(NC(=O)CN4CCC[C@@H]4C)cnc3C)cnc2[nH]1. The van der Waals surface area contributed by atoms with Crippen molar-refractivity contribution in [2.24, 2.45) is 5.92 Å². The number of methoxy groups -OCH3 is 1. The van der Waals surface area contributed by atoms with Crippen molar-refractivity contribution in [1.29, 1.82) is 0 Å². The van der Waals surface area contributed by atoms with Crippen LogP contribution in [0.3, 0.4) is 0 Å². The standard InChI is InChI=1S/C26H32N6O3/c1-15-5-4-6-32(15)13-24(33)29-20-10-22(16(2)27-12-20)31-26(34)18-7-17-9-23(30-25(17)28-11-18)21-8-19(21)14-35-3/h7,9-12,15,19,21H,4-6,8,13-14H2,1-3H3,(H,28,30)(H,29,33)(H,31,34)/t15-,19+,21-/m0/s1. The molecule has 9 nitrogen and oxygen atoms in total. The number of aryl methyl sites for hydroxylation is 1. The summed E-state index contributed by atoms with van der Waals surface area (Å²) in [6.07, 6.45) is 6.53. The van der Waals surface area contributed by atoms with Gasteiger partial charge in [0.25, 0.3) is 5.91 Å². The molecule has 3 aromatic heterocycles. The zero-order valence-electron chi connectivity index (χ0n) is 20.4. The lowest BCUT2D eigenvalue weighted by atomic mass is 10.2. The summed E-state index contributed by atoms with van der Waals surface area (Å²) in [5.74, 6) is 0.646. The second-order valence-corrected chi connectivity index (χ2v) is 9.77. The average Bonchev–Trinajstić information content (AvgIpc) is 3.28. The molecule has 2 fully saturated rings. The van der Waals surface area contributed by atoms with Crippen molar-refractivity contribution in [3.8, 4) is 0 Å². The van der Waals surface area contributed by atoms with Crippen molar-refractivity contribution in [2.75, 3.05) is 37.4 Å². The minimum absolute atomic E-state index is 0.0806. The molecule has 3 aromatic rings. The third-order valence-electron chi connectivity index (χ3n) is 7.11. The number of nitrogens with zero attached hydrogens (tertiary/aromatic N) is 3. The maximum Gasteiger partial charge on any atom is 0.257 e. The fraction of sp³-hybridized carbons (Fsp3) is 0.462. The summed E-state index contributed by atoms with van der Waals surface area (Å²) < 4.78 is 5.26. The van der Waals surface area contributed by atoms with Gasteiger partial charge in [-0.05, 0) is 63.8 Å². The van der Waals surface area contributed by atoms with E-state index in [0.717, 1.165) is 49.1 Å². The van der Waals surface area contributed by atoms with Gasteiger partial charge in [-0.25, -0.2) is 4.98 Å². The molecule has 2 amide bonds. The first-order valence-corrected chi connectivity index (χ1v) is 12.2. The van der Waals surface area contributed by atoms with Gasteiger partial charge in [0.1, 0.15) is 5.65 Å². The molecular weight excluding hydrogens is 444 g/mol. The first-order chi connectivity index (χ1) is 16.9. The number of rotatable bonds is 8. The molecule has 4 heterocycles. The summed E-state index contributed by atoms with van der Waals surface area (Å²) >= 11 is 0. The summed E-state index contributed by atoms with van der Waals surface area (Å²) in [4.78, 5) is 39.9. The lowest BCUT2D eigenvalue weighted by molar-refractivity contribution is -0.117. The minimum atomic E-state index is -0.273. The van der Waals surface area contributed by atoms with Crippen LogP contribution in [0.15, 0.2) is 30.6 Å². The summed E-state index contributed by atoms with van der Waals surface area (Å²) in [7, 11) is 1.73. The van der Waals surface area contributed by atoms with E-state index in [0.29, 0.717) is 47.1 Å². The van der Waals surface area contributed by atoms with E-state index in [1.165, 1.54) is 0 Å². The van der Waals surface area contributed by atoms with E-state index >= 15 is 0 Å². The molecule has 0 unspecified atom stereocenters. The van der Waals surface area contributed by atoms with E-state index < -0.39 is 0 Å². The number of hydrogen-bond acceptors (Lipinski definition) is 6. The number of pyridine rings is 2. The highest BCUT2D eigenvalue weighted by atomic mass is 16.5. The second kappa shape index (κ2) is 9.75. The molecule has 9 heteroatoms. The van der Waals surface area contributed by atoms with Crippen molar-refractivity contribution in [3.05, 3.63) is 47.5 Å². The van der Waals surface area contributed by atoms with Crippen LogP contribution in [0.2, 0.25) is 0 Å². The van der Waals surface area contributed by atoms with Gasteiger partial charge in [0.15, 0.2) is 0 Å². The van der Waals surface area contributed by atoms with Crippen LogP contribution in [0.1, 0.15) is 53.8 Å². The van der Waals surface area contributed by atoms with Gasteiger partial charge in [0.2, 0.25) is 5.91 Å². The Kier molecular flexibility index (Phi) is 6.53. The number of ether oxygens (including phenoxy) is 1. The van der Waals surface area contributed by atoms with Crippen LogP contribution in [0, 0.1) is 12.8 Å². The van der Waals surface area contributed by atoms with Gasteiger partial charge in [-0.3, -0.25) is 19.5 Å². The summed E-state index contributed by atoms with van der Waals surface area (Å²) in [5.41, 5.74) is 4.15. The maximum atomic E-state index is 13.0. The Labute approximate surface area is 204 Å². The Hall–Kier alpha value is -3.30. The highest BCUT2D eigenvalue weighted by Crippen LogP contribution is 2.47. The topological polar surface area (TPSA) is 112 Å². The Balaban J connectivity index is 1.25. The summed E-state index contributed by atoms with van der Waals surface area (Å²) in [6.45, 7) is 6.02. The van der Waals surface area contributed by atoms with Gasteiger partial charge >= 0.3 is 0 Å². The molecule has 3 atom stereocenters. The van der Waals surface area contributed by atoms with Gasteiger partial charge in [0.05, 0.1) is 35.4 Å². The number of aromatic nitrogens is 3. The van der Waals surface area contributed by atoms with Crippen molar-refractivity contribution < 1.29 is 14.3 Å². The number of hydrogen-bond donors (Lipinski definition) is 3. The number of likely N-dealkylation sites (tertiary alicyclic amines) is 1. The monoisotopic (exact) mass is 476 g/mol. The lowest BCUT2D eigenvalue weighted by Crippen LogP contribution is -2.35. The first-order valence-electron chi connectivity index (χ1n) is 12.2. The normalized spacial score (nSPS) is 21.9. The van der Waals surface area contributed by atoms with Gasteiger partial charge < -0.3 is 20.4 Å². The fourth-order valence-corrected chi connectivity index (χ4v) is 4.92. The van der Waals surface area contributed by atoms with Crippen LogP contribution >= 0.6 is 0 Å². The van der Waals surface area contributed by atoms with Crippen LogP contribution in [0.25, 0.3) is 11.0 Å². The number of carbonyl (C=O) groups is 2. The Morgan fingerprint density at radius 2 is 2.06 bits per heavy atom. The molecule has 35 heavy (non-hydrogen) atoms. The summed E-state index contributed by atoms with van der Waals surface area (Å²) in [5, 5.41) is 6.73. The van der Waals surface area contributed by atoms with Gasteiger partial charge in [0, 0.05) is 43.0 Å². The zero-order chi connectivity index (χ0) is 24.5. The quantitative estimate of drug-likeness (QED) is 0.457. The lowest BCUT2D eigenvalue weighted by Gasteiger charge is -2.20. The van der Waals surface area contributed by atoms with Crippen LogP contribution < -0.4 is 10.6 Å². The molecule has 1 saturated carbocycles. The molecule has 1 aliphatic heterocycles. The first kappa shape index (κ1) is 23.4. The highest BCUT2D eigenvalue weighted by molar-refractivity contribution is 6.06. The molecule has 0 spiro atoms. The molecule has 2 aliphatic rings. The van der Waals surface area contributed by atoms with E-state index in [4.69, 9.17) is 4.74 Å². The molecule has 3 N–H and O–H groups in total. The largest absolute Gasteiger partial charge is 0.384 e. The average molecular weight is 477 g/mol. The minimum Gasteiger partial charge on any atom is -0.384 e. The predicted molar refractivity (Wildman–Crippen MR) is 135 cm³/mol. The Morgan fingerprint density at radius 3 is 2.83 bits per heavy atom. The second-order valence-electron chi connectivity index (χ2n) is 9.77. The molecule has 1 aliphatic carbocycles. The van der Waals surface area contributed by atoms with E-state index in [-0.39, 0.29) is 11.8 Å². The van der Waals surface area contributed by atoms with Crippen LogP contribution in [0.5, 0.6) is 0 Å². The van der Waals surface area contributed by atoms with Crippen LogP contribution in [0.4, 0.5) is 11.4 Å². The maximum absolute atomic E-state index is 13.0. The van der Waals surface area contributed by atoms with Crippen molar-refractivity contribution in [2.45, 2.75) is 45.1 Å². The zero-order valence-corrected chi connectivity index (χ0v) is 20.4. The third kappa shape index (κ3) is 5.21. The molecular formula is C26H32N6O3. The summed E-state index contributed by atoms with van der Waals surface area (Å²) in [6, 6.07) is 6.08. The van der Waals surface area contributed by atoms with Gasteiger partial charge in [-0.1, -0.05) is 0 Å². The van der Waals surface area contributed by atoms with E-state index in [1.807, 2.05) is 13.0 Å². The number of nitrogens with one attached hydrogen (secondary N) is 3. The predicted octanol–water partition coefficient (Wildman–Crippen LogP) is 3.69. The number of fused-ring (bicyclic) bond motifs is 1. The smallest absolute Gasteiger partial charge is 0.257 e. The number of aromatic amines is 1. The third-order valence-corrected chi connectivity index (χ3v) is 7.11. The van der Waals surface area contributed by atoms with Crippen molar-refractivity contribution in [1.82, 2.24) is 19.9 Å². The van der Waals surface area contributed by atoms with E-state index in [2.05, 4.69) is 43.5 Å². The highest BCUT2D eigenvalue weighted by Gasteiger charge is 2.39. The molecule has 184 valence electrons. The number of amides is 2.